The van der Waals surface area contributed by atoms with Gasteiger partial charge >= 0.3 is 0 Å². The molecule has 0 saturated heterocycles. The lowest BCUT2D eigenvalue weighted by Crippen LogP contribution is -2.14. The molecule has 126 valence electrons. The zero-order valence-corrected chi connectivity index (χ0v) is 13.5. The van der Waals surface area contributed by atoms with Crippen molar-refractivity contribution >= 4 is 17.2 Å². The Hall–Kier alpha value is -3.80. The van der Waals surface area contributed by atoms with Crippen LogP contribution in [0.4, 0.5) is 5.69 Å². The summed E-state index contributed by atoms with van der Waals surface area (Å²) in [5.74, 6) is 1.04. The second kappa shape index (κ2) is 6.25. The second-order valence-electron chi connectivity index (χ2n) is 5.68. The van der Waals surface area contributed by atoms with Crippen LogP contribution in [0.25, 0.3) is 0 Å². The maximum atomic E-state index is 11.5. The minimum Gasteiger partial charge on any atom is -0.456 e. The Kier molecular flexibility index (Phi) is 3.78. The molecular weight excluding hydrogens is 330 g/mol. The number of rotatable bonds is 2. The molecule has 0 radical (unpaired) electrons. The quantitative estimate of drug-likeness (QED) is 0.546. The van der Waals surface area contributed by atoms with E-state index in [9.17, 15) is 10.1 Å². The van der Waals surface area contributed by atoms with Crippen molar-refractivity contribution in [2.45, 2.75) is 0 Å². The highest BCUT2D eigenvalue weighted by Crippen LogP contribution is 2.34. The van der Waals surface area contributed by atoms with E-state index < -0.39 is 4.92 Å². The Labute approximate surface area is 149 Å². The fourth-order valence-corrected chi connectivity index (χ4v) is 2.89. The lowest BCUT2D eigenvalue weighted by molar-refractivity contribution is -0.385. The summed E-state index contributed by atoms with van der Waals surface area (Å²) in [6, 6.07) is 20.7. The second-order valence-corrected chi connectivity index (χ2v) is 5.68. The van der Waals surface area contributed by atoms with Crippen molar-refractivity contribution in [1.82, 2.24) is 0 Å². The van der Waals surface area contributed by atoms with Gasteiger partial charge in [-0.1, -0.05) is 36.4 Å². The number of nitrogens with zero attached hydrogens (tertiary/aromatic N) is 2. The van der Waals surface area contributed by atoms with Gasteiger partial charge in [0, 0.05) is 11.6 Å². The van der Waals surface area contributed by atoms with Crippen molar-refractivity contribution in [2.24, 2.45) is 4.99 Å². The van der Waals surface area contributed by atoms with E-state index in [0.29, 0.717) is 33.9 Å². The third-order valence-corrected chi connectivity index (χ3v) is 4.08. The third kappa shape index (κ3) is 2.63. The molecule has 6 nitrogen and oxygen atoms in total. The molecule has 0 saturated carbocycles. The Balaban J connectivity index is 2.02. The monoisotopic (exact) mass is 343 g/mol. The summed E-state index contributed by atoms with van der Waals surface area (Å²) >= 11 is 0. The molecule has 0 spiro atoms. The highest BCUT2D eigenvalue weighted by molar-refractivity contribution is 6.22. The molecule has 0 amide bonds. The summed E-state index contributed by atoms with van der Waals surface area (Å²) in [7, 11) is 0. The number of nitro benzene ring substituents is 1. The Morgan fingerprint density at radius 2 is 1.35 bits per heavy atom. The highest BCUT2D eigenvalue weighted by Gasteiger charge is 2.25. The van der Waals surface area contributed by atoms with Crippen LogP contribution in [0.15, 0.2) is 77.8 Å². The van der Waals surface area contributed by atoms with Gasteiger partial charge in [0.2, 0.25) is 0 Å². The van der Waals surface area contributed by atoms with Gasteiger partial charge in [0.1, 0.15) is 11.5 Å². The summed E-state index contributed by atoms with van der Waals surface area (Å²) < 4.78 is 6.01. The van der Waals surface area contributed by atoms with Crippen LogP contribution < -0.4 is 4.74 Å². The van der Waals surface area contributed by atoms with Gasteiger partial charge in [-0.25, -0.2) is 4.99 Å². The number of nitrogens with one attached hydrogen (secondary N) is 1. The first kappa shape index (κ1) is 15.7. The molecule has 26 heavy (non-hydrogen) atoms. The van der Waals surface area contributed by atoms with E-state index in [0.717, 1.165) is 0 Å². The van der Waals surface area contributed by atoms with Gasteiger partial charge in [-0.3, -0.25) is 15.5 Å². The lowest BCUT2D eigenvalue weighted by Gasteiger charge is -2.18. The molecule has 3 aromatic carbocycles. The lowest BCUT2D eigenvalue weighted by atomic mass is 9.98. The first-order valence-corrected chi connectivity index (χ1v) is 7.93. The normalized spacial score (nSPS) is 12.8. The molecule has 0 fully saturated rings. The average Bonchev–Trinajstić information content (AvgIpc) is 2.66. The Morgan fingerprint density at radius 1 is 0.808 bits per heavy atom. The first-order valence-electron chi connectivity index (χ1n) is 7.93. The largest absolute Gasteiger partial charge is 0.456 e. The predicted octanol–water partition coefficient (Wildman–Crippen LogP) is 4.56. The van der Waals surface area contributed by atoms with Crippen LogP contribution in [0.5, 0.6) is 11.5 Å². The molecular formula is C20H13N3O3. The topological polar surface area (TPSA) is 88.6 Å². The van der Waals surface area contributed by atoms with Gasteiger partial charge in [-0.05, 0) is 30.3 Å². The van der Waals surface area contributed by atoms with E-state index in [1.54, 1.807) is 48.5 Å². The van der Waals surface area contributed by atoms with Crippen molar-refractivity contribution < 1.29 is 9.66 Å². The van der Waals surface area contributed by atoms with Crippen LogP contribution >= 0.6 is 0 Å². The molecule has 1 aliphatic heterocycles. The van der Waals surface area contributed by atoms with E-state index in [4.69, 9.17) is 10.1 Å². The molecule has 1 heterocycles. The van der Waals surface area contributed by atoms with Crippen LogP contribution in [0.2, 0.25) is 0 Å². The Bertz CT molecular complexity index is 1070. The maximum absolute atomic E-state index is 11.5. The average molecular weight is 343 g/mol. The standard InChI is InChI=1S/C20H13N3O3/c21-20-15-9-3-6-12-18(15)26-17-11-5-2-8-14(17)19(22-20)13-7-1-4-10-16(13)23(24)25/h1-12,21H. The van der Waals surface area contributed by atoms with Crippen LogP contribution in [-0.4, -0.2) is 16.5 Å². The molecule has 0 aliphatic carbocycles. The number of hydrogen-bond donors (Lipinski definition) is 1. The summed E-state index contributed by atoms with van der Waals surface area (Å²) in [6.45, 7) is 0. The fraction of sp³-hybridized carbons (Fsp3) is 0. The number of nitro groups is 1. The third-order valence-electron chi connectivity index (χ3n) is 4.08. The SMILES string of the molecule is N=C1N=C(c2ccccc2[N+](=O)[O-])c2ccccc2Oc2ccccc21. The van der Waals surface area contributed by atoms with E-state index in [-0.39, 0.29) is 11.5 Å². The number of hydrogen-bond acceptors (Lipinski definition) is 4. The molecule has 6 heteroatoms. The van der Waals surface area contributed by atoms with E-state index >= 15 is 0 Å². The summed E-state index contributed by atoms with van der Waals surface area (Å²) in [6.07, 6.45) is 0. The molecule has 1 N–H and O–H groups in total. The minimum atomic E-state index is -0.447. The number of aliphatic imine (C=N–C) groups is 1. The van der Waals surface area contributed by atoms with Gasteiger partial charge in [-0.2, -0.15) is 0 Å². The fourth-order valence-electron chi connectivity index (χ4n) is 2.89. The van der Waals surface area contributed by atoms with E-state index in [2.05, 4.69) is 4.99 Å². The smallest absolute Gasteiger partial charge is 0.278 e. The number of benzene rings is 3. The van der Waals surface area contributed by atoms with Gasteiger partial charge in [0.25, 0.3) is 5.69 Å². The first-order chi connectivity index (χ1) is 12.6. The van der Waals surface area contributed by atoms with Crippen LogP contribution in [-0.2, 0) is 0 Å². The van der Waals surface area contributed by atoms with Crippen LogP contribution in [0.1, 0.15) is 16.7 Å². The molecule has 0 atom stereocenters. The zero-order valence-electron chi connectivity index (χ0n) is 13.5. The van der Waals surface area contributed by atoms with Crippen molar-refractivity contribution in [2.75, 3.05) is 0 Å². The number of amidine groups is 1. The zero-order chi connectivity index (χ0) is 18.1. The van der Waals surface area contributed by atoms with Crippen molar-refractivity contribution in [3.8, 4) is 11.5 Å². The molecule has 4 rings (SSSR count). The molecule has 0 unspecified atom stereocenters. The predicted molar refractivity (Wildman–Crippen MR) is 98.5 cm³/mol. The molecule has 0 aromatic heterocycles. The molecule has 0 bridgehead atoms. The van der Waals surface area contributed by atoms with Gasteiger partial charge in [0.05, 0.1) is 21.8 Å². The number of fused-ring (bicyclic) bond motifs is 2. The van der Waals surface area contributed by atoms with Gasteiger partial charge in [-0.15, -0.1) is 0 Å². The minimum absolute atomic E-state index is 0.0109. The van der Waals surface area contributed by atoms with E-state index in [1.165, 1.54) is 6.07 Å². The molecule has 3 aromatic rings. The van der Waals surface area contributed by atoms with Crippen molar-refractivity contribution in [3.05, 3.63) is 99.6 Å². The van der Waals surface area contributed by atoms with Crippen LogP contribution in [0.3, 0.4) is 0 Å². The summed E-state index contributed by atoms with van der Waals surface area (Å²) in [5.41, 5.74) is 1.74. The number of ether oxygens (including phenoxy) is 1. The van der Waals surface area contributed by atoms with Gasteiger partial charge < -0.3 is 4.74 Å². The van der Waals surface area contributed by atoms with Crippen molar-refractivity contribution in [3.63, 3.8) is 0 Å². The van der Waals surface area contributed by atoms with Crippen LogP contribution in [0, 0.1) is 15.5 Å². The van der Waals surface area contributed by atoms with Gasteiger partial charge in [0.15, 0.2) is 5.84 Å². The molecule has 1 aliphatic rings. The highest BCUT2D eigenvalue weighted by atomic mass is 16.6. The Morgan fingerprint density at radius 3 is 2.04 bits per heavy atom. The number of para-hydroxylation sites is 3. The summed E-state index contributed by atoms with van der Waals surface area (Å²) in [5, 5.41) is 19.8. The maximum Gasteiger partial charge on any atom is 0.278 e. The van der Waals surface area contributed by atoms with E-state index in [1.807, 2.05) is 18.2 Å². The summed E-state index contributed by atoms with van der Waals surface area (Å²) in [4.78, 5) is 15.5. The van der Waals surface area contributed by atoms with Crippen molar-refractivity contribution in [1.29, 1.82) is 5.41 Å².